The number of aromatic nitrogens is 1. The van der Waals surface area contributed by atoms with Crippen molar-refractivity contribution < 1.29 is 9.53 Å². The van der Waals surface area contributed by atoms with E-state index in [9.17, 15) is 4.79 Å². The lowest BCUT2D eigenvalue weighted by atomic mass is 9.93. The van der Waals surface area contributed by atoms with Crippen molar-refractivity contribution in [2.45, 2.75) is 26.4 Å². The molecule has 2 rings (SSSR count). The molecule has 0 aliphatic carbocycles. The van der Waals surface area contributed by atoms with Crippen LogP contribution < -0.4 is 5.32 Å². The molecule has 5 heteroatoms. The number of thiazole rings is 1. The predicted octanol–water partition coefficient (Wildman–Crippen LogP) is 1.93. The first-order chi connectivity index (χ1) is 8.18. The molecule has 1 aliphatic heterocycles. The van der Waals surface area contributed by atoms with Crippen molar-refractivity contribution in [3.8, 4) is 0 Å². The summed E-state index contributed by atoms with van der Waals surface area (Å²) >= 11 is 1.43. The highest BCUT2D eigenvalue weighted by Gasteiger charge is 2.30. The first-order valence-corrected chi connectivity index (χ1v) is 6.90. The molecule has 1 amide bonds. The molecular weight excluding hydrogens is 236 g/mol. The normalized spacial score (nSPS) is 24.2. The van der Waals surface area contributed by atoms with E-state index in [4.69, 9.17) is 4.74 Å². The molecule has 2 atom stereocenters. The Kier molecular flexibility index (Phi) is 4.12. The van der Waals surface area contributed by atoms with Crippen LogP contribution in [0.4, 0.5) is 0 Å². The van der Waals surface area contributed by atoms with E-state index in [0.29, 0.717) is 24.1 Å². The second-order valence-corrected chi connectivity index (χ2v) is 5.43. The highest BCUT2D eigenvalue weighted by molar-refractivity contribution is 7.07. The third kappa shape index (κ3) is 3.04. The van der Waals surface area contributed by atoms with Crippen LogP contribution in [0.3, 0.4) is 0 Å². The van der Waals surface area contributed by atoms with Crippen molar-refractivity contribution in [3.05, 3.63) is 16.6 Å². The zero-order valence-corrected chi connectivity index (χ0v) is 11.0. The molecule has 0 spiro atoms. The minimum atomic E-state index is -0.0827. The molecule has 0 saturated carbocycles. The van der Waals surface area contributed by atoms with Gasteiger partial charge in [-0.3, -0.25) is 4.79 Å². The van der Waals surface area contributed by atoms with Gasteiger partial charge in [0, 0.05) is 24.4 Å². The summed E-state index contributed by atoms with van der Waals surface area (Å²) in [4.78, 5) is 15.7. The fourth-order valence-corrected chi connectivity index (χ4v) is 2.78. The van der Waals surface area contributed by atoms with Gasteiger partial charge in [0.05, 0.1) is 11.6 Å². The number of ether oxygens (including phenoxy) is 1. The Bertz CT molecular complexity index is 365. The summed E-state index contributed by atoms with van der Waals surface area (Å²) in [6, 6.07) is 0. The number of amides is 1. The summed E-state index contributed by atoms with van der Waals surface area (Å²) in [6.45, 7) is 5.80. The second-order valence-electron chi connectivity index (χ2n) is 4.71. The number of hydrogen-bond acceptors (Lipinski definition) is 4. The largest absolute Gasteiger partial charge is 0.378 e. The lowest BCUT2D eigenvalue weighted by molar-refractivity contribution is 0.0533. The molecule has 17 heavy (non-hydrogen) atoms. The number of nitrogens with one attached hydrogen (secondary N) is 1. The number of nitrogens with zero attached hydrogens (tertiary/aromatic N) is 1. The molecule has 0 radical (unpaired) electrons. The number of carbonyl (C=O) groups is 1. The van der Waals surface area contributed by atoms with Crippen LogP contribution in [0.1, 0.15) is 30.8 Å². The van der Waals surface area contributed by atoms with Gasteiger partial charge in [-0.1, -0.05) is 13.8 Å². The van der Waals surface area contributed by atoms with E-state index >= 15 is 0 Å². The topological polar surface area (TPSA) is 51.2 Å². The van der Waals surface area contributed by atoms with E-state index in [1.54, 1.807) is 10.9 Å². The highest BCUT2D eigenvalue weighted by Crippen LogP contribution is 2.26. The van der Waals surface area contributed by atoms with Crippen LogP contribution in [0.5, 0.6) is 0 Å². The average Bonchev–Trinajstić information content (AvgIpc) is 2.96. The molecule has 1 aromatic heterocycles. The molecule has 0 aromatic carbocycles. The third-order valence-corrected chi connectivity index (χ3v) is 3.70. The Morgan fingerprint density at radius 1 is 1.71 bits per heavy atom. The first kappa shape index (κ1) is 12.5. The molecule has 1 fully saturated rings. The zero-order valence-electron chi connectivity index (χ0n) is 10.2. The van der Waals surface area contributed by atoms with Gasteiger partial charge in [-0.2, -0.15) is 0 Å². The Morgan fingerprint density at radius 2 is 2.53 bits per heavy atom. The summed E-state index contributed by atoms with van der Waals surface area (Å²) in [7, 11) is 0. The molecular formula is C12H18N2O2S. The van der Waals surface area contributed by atoms with Gasteiger partial charge in [0.2, 0.25) is 0 Å². The lowest BCUT2D eigenvalue weighted by Crippen LogP contribution is -2.35. The van der Waals surface area contributed by atoms with Crippen LogP contribution in [0.25, 0.3) is 0 Å². The molecule has 94 valence electrons. The van der Waals surface area contributed by atoms with Crippen LogP contribution >= 0.6 is 11.3 Å². The minimum Gasteiger partial charge on any atom is -0.378 e. The maximum Gasteiger partial charge on any atom is 0.270 e. The number of carbonyl (C=O) groups excluding carboxylic acids is 1. The van der Waals surface area contributed by atoms with Gasteiger partial charge in [-0.25, -0.2) is 4.98 Å². The summed E-state index contributed by atoms with van der Waals surface area (Å²) in [5.41, 5.74) is 2.18. The fraction of sp³-hybridized carbons (Fsp3) is 0.667. The predicted molar refractivity (Wildman–Crippen MR) is 67.1 cm³/mol. The zero-order chi connectivity index (χ0) is 12.3. The molecule has 0 bridgehead atoms. The summed E-state index contributed by atoms with van der Waals surface area (Å²) in [5.74, 6) is 0.844. The van der Waals surface area contributed by atoms with E-state index in [2.05, 4.69) is 24.1 Å². The van der Waals surface area contributed by atoms with Crippen molar-refractivity contribution >= 4 is 17.2 Å². The first-order valence-electron chi connectivity index (χ1n) is 5.96. The van der Waals surface area contributed by atoms with Gasteiger partial charge >= 0.3 is 0 Å². The molecule has 0 unspecified atom stereocenters. The number of hydrogen-bond donors (Lipinski definition) is 1. The maximum atomic E-state index is 11.7. The van der Waals surface area contributed by atoms with Gasteiger partial charge in [0.25, 0.3) is 5.91 Å². The fourth-order valence-electron chi connectivity index (χ4n) is 2.25. The lowest BCUT2D eigenvalue weighted by Gasteiger charge is -2.21. The molecule has 4 nitrogen and oxygen atoms in total. The highest BCUT2D eigenvalue weighted by atomic mass is 32.1. The molecule has 1 aromatic rings. The molecule has 1 saturated heterocycles. The van der Waals surface area contributed by atoms with E-state index in [-0.39, 0.29) is 12.0 Å². The minimum absolute atomic E-state index is 0.0827. The van der Waals surface area contributed by atoms with E-state index in [1.807, 2.05) is 0 Å². The Balaban J connectivity index is 1.84. The number of rotatable bonds is 4. The van der Waals surface area contributed by atoms with Crippen LogP contribution in [-0.4, -0.2) is 30.1 Å². The van der Waals surface area contributed by atoms with Gasteiger partial charge in [0.15, 0.2) is 0 Å². The van der Waals surface area contributed by atoms with E-state index in [0.717, 1.165) is 13.0 Å². The Hall–Kier alpha value is -0.940. The van der Waals surface area contributed by atoms with Crippen molar-refractivity contribution in [1.82, 2.24) is 10.3 Å². The van der Waals surface area contributed by atoms with E-state index < -0.39 is 0 Å². The van der Waals surface area contributed by atoms with Crippen molar-refractivity contribution in [3.63, 3.8) is 0 Å². The molecule has 1 aliphatic rings. The summed E-state index contributed by atoms with van der Waals surface area (Å²) < 4.78 is 5.69. The van der Waals surface area contributed by atoms with Crippen molar-refractivity contribution in [1.29, 1.82) is 0 Å². The monoisotopic (exact) mass is 254 g/mol. The Labute approximate surface area is 105 Å². The second kappa shape index (κ2) is 5.60. The van der Waals surface area contributed by atoms with Crippen molar-refractivity contribution in [2.24, 2.45) is 11.8 Å². The third-order valence-electron chi connectivity index (χ3n) is 3.11. The van der Waals surface area contributed by atoms with Crippen molar-refractivity contribution in [2.75, 3.05) is 13.2 Å². The van der Waals surface area contributed by atoms with Crippen LogP contribution in [0, 0.1) is 11.8 Å². The van der Waals surface area contributed by atoms with Crippen LogP contribution in [-0.2, 0) is 4.74 Å². The summed E-state index contributed by atoms with van der Waals surface area (Å²) in [5, 5.41) is 4.70. The molecule has 2 heterocycles. The summed E-state index contributed by atoms with van der Waals surface area (Å²) in [6.07, 6.45) is 1.30. The van der Waals surface area contributed by atoms with Gasteiger partial charge in [0.1, 0.15) is 5.69 Å². The standard InChI is InChI=1S/C12H18N2O2S/c1-8(2)11-9(3-4-16-11)5-13-12(15)10-6-17-7-14-10/h6-9,11H,3-5H2,1-2H3,(H,13,15)/t9-,11-/m1/s1. The maximum absolute atomic E-state index is 11.7. The van der Waals surface area contributed by atoms with Gasteiger partial charge in [-0.05, 0) is 12.3 Å². The van der Waals surface area contributed by atoms with Gasteiger partial charge in [-0.15, -0.1) is 11.3 Å². The van der Waals surface area contributed by atoms with E-state index in [1.165, 1.54) is 11.3 Å². The van der Waals surface area contributed by atoms with Crippen LogP contribution in [0.2, 0.25) is 0 Å². The van der Waals surface area contributed by atoms with Gasteiger partial charge < -0.3 is 10.1 Å². The molecule has 1 N–H and O–H groups in total. The van der Waals surface area contributed by atoms with Crippen LogP contribution in [0.15, 0.2) is 10.9 Å². The SMILES string of the molecule is CC(C)[C@H]1OCC[C@@H]1CNC(=O)c1cscn1. The quantitative estimate of drug-likeness (QED) is 0.893. The Morgan fingerprint density at radius 3 is 3.18 bits per heavy atom. The smallest absolute Gasteiger partial charge is 0.270 e. The average molecular weight is 254 g/mol.